The van der Waals surface area contributed by atoms with E-state index in [0.29, 0.717) is 12.8 Å². The van der Waals surface area contributed by atoms with E-state index in [-0.39, 0.29) is 5.57 Å². The van der Waals surface area contributed by atoms with Gasteiger partial charge in [-0.25, -0.2) is 4.79 Å². The minimum absolute atomic E-state index is 0.117. The molecule has 0 aromatic heterocycles. The number of hydrogen-bond donors (Lipinski definition) is 2. The summed E-state index contributed by atoms with van der Waals surface area (Å²) in [6.45, 7) is 7.35. The molecule has 0 rings (SSSR count). The summed E-state index contributed by atoms with van der Waals surface area (Å²) >= 11 is 0. The summed E-state index contributed by atoms with van der Waals surface area (Å²) < 4.78 is 0. The van der Waals surface area contributed by atoms with Gasteiger partial charge in [-0.15, -0.1) is 0 Å². The second-order valence-electron chi connectivity index (χ2n) is 3.04. The molecular formula is C9H17NO2. The van der Waals surface area contributed by atoms with Gasteiger partial charge in [-0.2, -0.15) is 0 Å². The van der Waals surface area contributed by atoms with E-state index in [2.05, 4.69) is 6.58 Å². The van der Waals surface area contributed by atoms with E-state index in [1.807, 2.05) is 13.8 Å². The van der Waals surface area contributed by atoms with E-state index < -0.39 is 11.5 Å². The third-order valence-electron chi connectivity index (χ3n) is 2.19. The predicted octanol–water partition coefficient (Wildman–Crippen LogP) is 1.53. The summed E-state index contributed by atoms with van der Waals surface area (Å²) in [6.07, 6.45) is 2.16. The second-order valence-corrected chi connectivity index (χ2v) is 3.04. The van der Waals surface area contributed by atoms with Crippen LogP contribution in [0.4, 0.5) is 0 Å². The normalized spacial score (nSPS) is 15.2. The molecule has 3 nitrogen and oxygen atoms in total. The standard InChI is InChI=1S/C9H17NO2/c1-4-6-9(10,5-2)7(3)8(11)12/h3-6,10H2,1-2H3,(H,11,12). The molecule has 1 unspecified atom stereocenters. The first-order valence-corrected chi connectivity index (χ1v) is 4.19. The van der Waals surface area contributed by atoms with Gasteiger partial charge in [0.2, 0.25) is 0 Å². The number of carbonyl (C=O) groups is 1. The van der Waals surface area contributed by atoms with Crippen LogP contribution in [-0.2, 0) is 4.79 Å². The molecule has 0 aliphatic carbocycles. The van der Waals surface area contributed by atoms with Crippen LogP contribution < -0.4 is 5.73 Å². The van der Waals surface area contributed by atoms with Gasteiger partial charge in [0, 0.05) is 11.1 Å². The summed E-state index contributed by atoms with van der Waals surface area (Å²) in [5.41, 5.74) is 5.27. The van der Waals surface area contributed by atoms with Gasteiger partial charge < -0.3 is 10.8 Å². The molecule has 0 aliphatic heterocycles. The first-order valence-electron chi connectivity index (χ1n) is 4.19. The summed E-state index contributed by atoms with van der Waals surface area (Å²) in [4.78, 5) is 10.6. The fourth-order valence-electron chi connectivity index (χ4n) is 1.20. The lowest BCUT2D eigenvalue weighted by Gasteiger charge is -2.27. The minimum atomic E-state index is -0.993. The molecule has 1 atom stereocenters. The van der Waals surface area contributed by atoms with Crippen molar-refractivity contribution < 1.29 is 9.90 Å². The Morgan fingerprint density at radius 1 is 1.58 bits per heavy atom. The fourth-order valence-corrected chi connectivity index (χ4v) is 1.20. The number of carboxylic acid groups (broad SMARTS) is 1. The van der Waals surface area contributed by atoms with Gasteiger partial charge >= 0.3 is 5.97 Å². The number of carboxylic acids is 1. The van der Waals surface area contributed by atoms with Crippen molar-refractivity contribution in [3.8, 4) is 0 Å². The molecule has 0 heterocycles. The molecule has 0 saturated carbocycles. The van der Waals surface area contributed by atoms with Gasteiger partial charge in [0.15, 0.2) is 0 Å². The van der Waals surface area contributed by atoms with E-state index in [1.54, 1.807) is 0 Å². The molecule has 3 N–H and O–H groups in total. The van der Waals surface area contributed by atoms with Crippen LogP contribution in [0.1, 0.15) is 33.1 Å². The lowest BCUT2D eigenvalue weighted by atomic mass is 9.85. The van der Waals surface area contributed by atoms with Gasteiger partial charge in [-0.05, 0) is 12.8 Å². The van der Waals surface area contributed by atoms with E-state index in [0.717, 1.165) is 6.42 Å². The molecule has 0 saturated heterocycles. The monoisotopic (exact) mass is 171 g/mol. The number of hydrogen-bond acceptors (Lipinski definition) is 2. The molecule has 0 aromatic rings. The lowest BCUT2D eigenvalue weighted by Crippen LogP contribution is -2.43. The van der Waals surface area contributed by atoms with Crippen LogP contribution in [0.25, 0.3) is 0 Å². The van der Waals surface area contributed by atoms with Gasteiger partial charge in [-0.3, -0.25) is 0 Å². The minimum Gasteiger partial charge on any atom is -0.478 e. The van der Waals surface area contributed by atoms with Crippen molar-refractivity contribution in [2.24, 2.45) is 5.73 Å². The van der Waals surface area contributed by atoms with Crippen molar-refractivity contribution in [1.29, 1.82) is 0 Å². The molecule has 70 valence electrons. The first kappa shape index (κ1) is 11.2. The van der Waals surface area contributed by atoms with Crippen molar-refractivity contribution in [3.05, 3.63) is 12.2 Å². The Balaban J connectivity index is 4.51. The van der Waals surface area contributed by atoms with Gasteiger partial charge in [-0.1, -0.05) is 26.8 Å². The number of aliphatic carboxylic acids is 1. The highest BCUT2D eigenvalue weighted by Crippen LogP contribution is 2.22. The highest BCUT2D eigenvalue weighted by Gasteiger charge is 2.29. The molecule has 0 radical (unpaired) electrons. The Kier molecular flexibility index (Phi) is 3.96. The van der Waals surface area contributed by atoms with Crippen LogP contribution in [0.15, 0.2) is 12.2 Å². The molecule has 0 aromatic carbocycles. The van der Waals surface area contributed by atoms with Crippen molar-refractivity contribution >= 4 is 5.97 Å². The molecule has 12 heavy (non-hydrogen) atoms. The zero-order chi connectivity index (χ0) is 9.78. The number of nitrogens with two attached hydrogens (primary N) is 1. The third kappa shape index (κ3) is 2.34. The van der Waals surface area contributed by atoms with Crippen LogP contribution in [0.2, 0.25) is 0 Å². The fraction of sp³-hybridized carbons (Fsp3) is 0.667. The van der Waals surface area contributed by atoms with E-state index >= 15 is 0 Å². The summed E-state index contributed by atoms with van der Waals surface area (Å²) in [5.74, 6) is -0.993. The average molecular weight is 171 g/mol. The molecule has 3 heteroatoms. The Morgan fingerprint density at radius 2 is 2.08 bits per heavy atom. The summed E-state index contributed by atoms with van der Waals surface area (Å²) in [7, 11) is 0. The Hall–Kier alpha value is -0.830. The highest BCUT2D eigenvalue weighted by molar-refractivity contribution is 5.88. The summed E-state index contributed by atoms with van der Waals surface area (Å²) in [6, 6.07) is 0. The quantitative estimate of drug-likeness (QED) is 0.617. The molecule has 0 bridgehead atoms. The molecule has 0 amide bonds. The predicted molar refractivity (Wildman–Crippen MR) is 48.9 cm³/mol. The first-order chi connectivity index (χ1) is 5.48. The van der Waals surface area contributed by atoms with Crippen LogP contribution in [0.5, 0.6) is 0 Å². The van der Waals surface area contributed by atoms with E-state index in [9.17, 15) is 4.79 Å². The Bertz CT molecular complexity index is 189. The van der Waals surface area contributed by atoms with Gasteiger partial charge in [0.25, 0.3) is 0 Å². The van der Waals surface area contributed by atoms with E-state index in [1.165, 1.54) is 0 Å². The van der Waals surface area contributed by atoms with E-state index in [4.69, 9.17) is 10.8 Å². The molecule has 0 aliphatic rings. The highest BCUT2D eigenvalue weighted by atomic mass is 16.4. The van der Waals surface area contributed by atoms with Crippen molar-refractivity contribution in [2.45, 2.75) is 38.6 Å². The second kappa shape index (κ2) is 4.26. The smallest absolute Gasteiger partial charge is 0.332 e. The maximum absolute atomic E-state index is 10.6. The van der Waals surface area contributed by atoms with Gasteiger partial charge in [0.05, 0.1) is 0 Å². The molecular weight excluding hydrogens is 154 g/mol. The topological polar surface area (TPSA) is 63.3 Å². The van der Waals surface area contributed by atoms with Crippen LogP contribution >= 0.6 is 0 Å². The zero-order valence-electron chi connectivity index (χ0n) is 7.76. The SMILES string of the molecule is C=C(C(=O)O)C(N)(CC)CCC. The molecule has 0 fully saturated rings. The third-order valence-corrected chi connectivity index (χ3v) is 2.19. The zero-order valence-corrected chi connectivity index (χ0v) is 7.76. The van der Waals surface area contributed by atoms with Gasteiger partial charge in [0.1, 0.15) is 0 Å². The van der Waals surface area contributed by atoms with Crippen LogP contribution in [0.3, 0.4) is 0 Å². The number of rotatable bonds is 5. The lowest BCUT2D eigenvalue weighted by molar-refractivity contribution is -0.133. The van der Waals surface area contributed by atoms with Crippen molar-refractivity contribution in [1.82, 2.24) is 0 Å². The van der Waals surface area contributed by atoms with Crippen molar-refractivity contribution in [3.63, 3.8) is 0 Å². The largest absolute Gasteiger partial charge is 0.478 e. The molecule has 0 spiro atoms. The maximum atomic E-state index is 10.6. The average Bonchev–Trinajstić information content (AvgIpc) is 2.03. The Morgan fingerprint density at radius 3 is 2.33 bits per heavy atom. The van der Waals surface area contributed by atoms with Crippen LogP contribution in [-0.4, -0.2) is 16.6 Å². The maximum Gasteiger partial charge on any atom is 0.332 e. The van der Waals surface area contributed by atoms with Crippen LogP contribution in [0, 0.1) is 0 Å². The Labute approximate surface area is 73.3 Å². The van der Waals surface area contributed by atoms with Crippen molar-refractivity contribution in [2.75, 3.05) is 0 Å². The summed E-state index contributed by atoms with van der Waals surface area (Å²) in [5, 5.41) is 8.70.